The zero-order chi connectivity index (χ0) is 10.6. The van der Waals surface area contributed by atoms with Gasteiger partial charge in [-0.2, -0.15) is 0 Å². The number of rotatable bonds is 1. The summed E-state index contributed by atoms with van der Waals surface area (Å²) >= 11 is 0. The highest BCUT2D eigenvalue weighted by molar-refractivity contribution is 5.88. The molecule has 2 saturated heterocycles. The Bertz CT molecular complexity index is 317. The second kappa shape index (κ2) is 2.52. The van der Waals surface area contributed by atoms with Crippen LogP contribution in [0.25, 0.3) is 0 Å². The van der Waals surface area contributed by atoms with Gasteiger partial charge >= 0.3 is 0 Å². The van der Waals surface area contributed by atoms with Crippen LogP contribution in [-0.4, -0.2) is 34.7 Å². The van der Waals surface area contributed by atoms with E-state index in [0.29, 0.717) is 0 Å². The average molecular weight is 201 g/mol. The number of hydrogen-bond acceptors (Lipinski definition) is 5. The molecule has 0 radical (unpaired) electrons. The third kappa shape index (κ3) is 1.01. The Morgan fingerprint density at radius 2 is 2.21 bits per heavy atom. The lowest BCUT2D eigenvalue weighted by Gasteiger charge is -2.35. The van der Waals surface area contributed by atoms with Crippen LogP contribution in [0.1, 0.15) is 20.3 Å². The normalized spacial score (nSPS) is 46.7. The first-order chi connectivity index (χ1) is 6.38. The largest absolute Gasteiger partial charge is 0.336 e. The number of carbonyl (C=O) groups is 1. The Labute approximate surface area is 80.3 Å². The van der Waals surface area contributed by atoms with Crippen LogP contribution in [0.4, 0.5) is 0 Å². The Hall–Kier alpha value is -1.01. The quantitative estimate of drug-likeness (QED) is 0.445. The van der Waals surface area contributed by atoms with Gasteiger partial charge in [-0.1, -0.05) is 0 Å². The molecule has 0 amide bonds. The topological polar surface area (TPSA) is 78.7 Å². The SMILES string of the molecule is C[C@@]12OC[C@](C)([N+](=O)[O-])[C@@H](CC1=O)O2. The van der Waals surface area contributed by atoms with E-state index < -0.39 is 22.4 Å². The van der Waals surface area contributed by atoms with E-state index in [1.165, 1.54) is 13.8 Å². The van der Waals surface area contributed by atoms with E-state index in [2.05, 4.69) is 0 Å². The highest BCUT2D eigenvalue weighted by Gasteiger charge is 2.63. The van der Waals surface area contributed by atoms with Crippen LogP contribution in [0.5, 0.6) is 0 Å². The highest BCUT2D eigenvalue weighted by Crippen LogP contribution is 2.40. The van der Waals surface area contributed by atoms with Gasteiger partial charge in [0.25, 0.3) is 5.54 Å². The van der Waals surface area contributed by atoms with Gasteiger partial charge < -0.3 is 9.47 Å². The Balaban J connectivity index is 2.32. The third-order valence-corrected chi connectivity index (χ3v) is 2.99. The molecular formula is C8H11NO5. The van der Waals surface area contributed by atoms with Crippen molar-refractivity contribution in [1.29, 1.82) is 0 Å². The van der Waals surface area contributed by atoms with Crippen molar-refractivity contribution < 1.29 is 19.2 Å². The molecule has 2 rings (SSSR count). The number of ketones is 1. The van der Waals surface area contributed by atoms with Crippen molar-refractivity contribution in [3.8, 4) is 0 Å². The lowest BCUT2D eigenvalue weighted by molar-refractivity contribution is -0.597. The molecule has 6 nitrogen and oxygen atoms in total. The van der Waals surface area contributed by atoms with Crippen molar-refractivity contribution in [2.45, 2.75) is 37.7 Å². The summed E-state index contributed by atoms with van der Waals surface area (Å²) in [5.74, 6) is -1.46. The number of fused-ring (bicyclic) bond motifs is 2. The molecule has 2 bridgehead atoms. The van der Waals surface area contributed by atoms with Gasteiger partial charge in [0.2, 0.25) is 5.79 Å². The van der Waals surface area contributed by atoms with Gasteiger partial charge in [-0.25, -0.2) is 0 Å². The summed E-state index contributed by atoms with van der Waals surface area (Å²) in [6.07, 6.45) is -0.600. The second-order valence-corrected chi connectivity index (χ2v) is 4.08. The Morgan fingerprint density at radius 3 is 2.79 bits per heavy atom. The average Bonchev–Trinajstić information content (AvgIpc) is 2.35. The molecule has 0 aromatic rings. The monoisotopic (exact) mass is 201 g/mol. The van der Waals surface area contributed by atoms with Crippen molar-refractivity contribution in [2.24, 2.45) is 0 Å². The molecule has 2 aliphatic heterocycles. The van der Waals surface area contributed by atoms with Crippen molar-refractivity contribution in [3.63, 3.8) is 0 Å². The number of nitro groups is 1. The van der Waals surface area contributed by atoms with E-state index in [1.54, 1.807) is 0 Å². The third-order valence-electron chi connectivity index (χ3n) is 2.99. The van der Waals surface area contributed by atoms with Gasteiger partial charge in [-0.05, 0) is 6.92 Å². The van der Waals surface area contributed by atoms with Crippen LogP contribution in [0.2, 0.25) is 0 Å². The van der Waals surface area contributed by atoms with Gasteiger partial charge in [-0.3, -0.25) is 14.9 Å². The lowest BCUT2D eigenvalue weighted by atomic mass is 9.95. The molecule has 0 spiro atoms. The molecule has 0 unspecified atom stereocenters. The molecule has 0 saturated carbocycles. The minimum absolute atomic E-state index is 0.0635. The predicted molar refractivity (Wildman–Crippen MR) is 44.3 cm³/mol. The van der Waals surface area contributed by atoms with Gasteiger partial charge in [0.1, 0.15) is 12.7 Å². The fraction of sp³-hybridized carbons (Fsp3) is 0.875. The van der Waals surface area contributed by atoms with Crippen molar-refractivity contribution in [1.82, 2.24) is 0 Å². The fourth-order valence-electron chi connectivity index (χ4n) is 1.74. The van der Waals surface area contributed by atoms with Crippen LogP contribution in [-0.2, 0) is 14.3 Å². The van der Waals surface area contributed by atoms with Gasteiger partial charge in [0, 0.05) is 18.3 Å². The van der Waals surface area contributed by atoms with E-state index in [9.17, 15) is 14.9 Å². The summed E-state index contributed by atoms with van der Waals surface area (Å²) in [5, 5.41) is 10.8. The maximum atomic E-state index is 11.4. The first-order valence-electron chi connectivity index (χ1n) is 4.38. The molecule has 2 aliphatic rings. The molecule has 6 heteroatoms. The number of ether oxygens (including phenoxy) is 2. The van der Waals surface area contributed by atoms with Crippen LogP contribution < -0.4 is 0 Å². The van der Waals surface area contributed by atoms with Crippen LogP contribution in [0, 0.1) is 10.1 Å². The Kier molecular flexibility index (Phi) is 1.71. The summed E-state index contributed by atoms with van der Waals surface area (Å²) in [6.45, 7) is 2.87. The molecule has 2 fully saturated rings. The van der Waals surface area contributed by atoms with E-state index in [4.69, 9.17) is 9.47 Å². The fourth-order valence-corrected chi connectivity index (χ4v) is 1.74. The molecule has 0 aliphatic carbocycles. The smallest absolute Gasteiger partial charge is 0.268 e. The zero-order valence-electron chi connectivity index (χ0n) is 7.98. The first-order valence-corrected chi connectivity index (χ1v) is 4.38. The molecule has 14 heavy (non-hydrogen) atoms. The predicted octanol–water partition coefficient (Wildman–Crippen LogP) is 0.126. The minimum Gasteiger partial charge on any atom is -0.336 e. The van der Waals surface area contributed by atoms with Gasteiger partial charge in [0.15, 0.2) is 5.78 Å². The summed E-state index contributed by atoms with van der Waals surface area (Å²) in [5.41, 5.74) is -1.30. The summed E-state index contributed by atoms with van der Waals surface area (Å²) in [6, 6.07) is 0. The summed E-state index contributed by atoms with van der Waals surface area (Å²) in [4.78, 5) is 21.8. The summed E-state index contributed by atoms with van der Waals surface area (Å²) in [7, 11) is 0. The number of nitrogens with zero attached hydrogens (tertiary/aromatic N) is 1. The van der Waals surface area contributed by atoms with Crippen LogP contribution in [0.15, 0.2) is 0 Å². The number of carbonyl (C=O) groups excluding carboxylic acids is 1. The van der Waals surface area contributed by atoms with E-state index >= 15 is 0 Å². The van der Waals surface area contributed by atoms with Crippen molar-refractivity contribution >= 4 is 5.78 Å². The van der Waals surface area contributed by atoms with Crippen molar-refractivity contribution in [2.75, 3.05) is 6.61 Å². The highest BCUT2D eigenvalue weighted by atomic mass is 16.7. The molecule has 2 heterocycles. The van der Waals surface area contributed by atoms with E-state index in [0.717, 1.165) is 0 Å². The van der Waals surface area contributed by atoms with Gasteiger partial charge in [0.05, 0.1) is 0 Å². The van der Waals surface area contributed by atoms with Crippen LogP contribution >= 0.6 is 0 Å². The maximum absolute atomic E-state index is 11.4. The molecule has 0 N–H and O–H groups in total. The zero-order valence-corrected chi connectivity index (χ0v) is 7.98. The molecule has 0 aromatic heterocycles. The van der Waals surface area contributed by atoms with Crippen LogP contribution in [0.3, 0.4) is 0 Å². The summed E-state index contributed by atoms with van der Waals surface area (Å²) < 4.78 is 10.4. The van der Waals surface area contributed by atoms with Crippen molar-refractivity contribution in [3.05, 3.63) is 10.1 Å². The molecular weight excluding hydrogens is 190 g/mol. The number of hydrogen-bond donors (Lipinski definition) is 0. The number of Topliss-reactive ketones (excluding diaryl/α,β-unsaturated/α-hetero) is 1. The van der Waals surface area contributed by atoms with E-state index in [1.807, 2.05) is 0 Å². The molecule has 0 aromatic carbocycles. The standard InChI is InChI=1S/C8H11NO5/c1-7(9(11)12)4-13-8(2)5(10)3-6(7)14-8/h6H,3-4H2,1-2H3/t6-,7+,8+/m1/s1. The lowest BCUT2D eigenvalue weighted by Crippen LogP contribution is -2.56. The minimum atomic E-state index is -1.30. The van der Waals surface area contributed by atoms with Gasteiger partial charge in [-0.15, -0.1) is 0 Å². The Morgan fingerprint density at radius 1 is 1.57 bits per heavy atom. The molecule has 3 atom stereocenters. The molecule has 78 valence electrons. The maximum Gasteiger partial charge on any atom is 0.268 e. The first kappa shape index (κ1) is 9.54. The second-order valence-electron chi connectivity index (χ2n) is 4.08. The van der Waals surface area contributed by atoms with E-state index in [-0.39, 0.29) is 18.8 Å².